The van der Waals surface area contributed by atoms with Gasteiger partial charge >= 0.3 is 0 Å². The van der Waals surface area contributed by atoms with Crippen molar-refractivity contribution in [2.75, 3.05) is 31.2 Å². The smallest absolute Gasteiger partial charge is 0.242 e. The van der Waals surface area contributed by atoms with Crippen molar-refractivity contribution < 1.29 is 9.16 Å². The molecule has 23 heavy (non-hydrogen) atoms. The number of rotatable bonds is 4. The normalized spacial score (nSPS) is 15.9. The van der Waals surface area contributed by atoms with E-state index < -0.39 is 8.32 Å². The van der Waals surface area contributed by atoms with Gasteiger partial charge in [-0.3, -0.25) is 4.40 Å². The van der Waals surface area contributed by atoms with Crippen LogP contribution in [0.5, 0.6) is 0 Å². The largest absolute Gasteiger partial charge is 0.543 e. The Hall–Kier alpha value is -1.86. The number of ether oxygens (including phenoxy) is 1. The van der Waals surface area contributed by atoms with Crippen LogP contribution >= 0.6 is 0 Å². The zero-order valence-corrected chi connectivity index (χ0v) is 15.3. The third-order valence-corrected chi connectivity index (χ3v) is 4.60. The van der Waals surface area contributed by atoms with Crippen molar-refractivity contribution in [2.45, 2.75) is 26.6 Å². The summed E-state index contributed by atoms with van der Waals surface area (Å²) < 4.78 is 13.5. The SMILES string of the molecule is C=C(O[Si](C)(C)C)c1c(C)nc2c(N3CCOCC3)cncn12. The molecule has 0 saturated carbocycles. The predicted octanol–water partition coefficient (Wildman–Crippen LogP) is 2.70. The molecule has 1 saturated heterocycles. The Labute approximate surface area is 137 Å². The fourth-order valence-electron chi connectivity index (χ4n) is 2.85. The van der Waals surface area contributed by atoms with Gasteiger partial charge in [-0.1, -0.05) is 6.58 Å². The van der Waals surface area contributed by atoms with Crippen molar-refractivity contribution >= 4 is 25.4 Å². The number of fused-ring (bicyclic) bond motifs is 1. The Morgan fingerprint density at radius 1 is 1.30 bits per heavy atom. The fraction of sp³-hybridized carbons (Fsp3) is 0.500. The molecule has 2 aromatic rings. The lowest BCUT2D eigenvalue weighted by Crippen LogP contribution is -2.36. The minimum absolute atomic E-state index is 0.676. The summed E-state index contributed by atoms with van der Waals surface area (Å²) in [4.78, 5) is 11.4. The van der Waals surface area contributed by atoms with Crippen LogP contribution in [0.15, 0.2) is 19.1 Å². The summed E-state index contributed by atoms with van der Waals surface area (Å²) in [7, 11) is -1.72. The first-order chi connectivity index (χ1) is 10.9. The highest BCUT2D eigenvalue weighted by molar-refractivity contribution is 6.70. The van der Waals surface area contributed by atoms with Crippen LogP contribution in [0.3, 0.4) is 0 Å². The van der Waals surface area contributed by atoms with Crippen LogP contribution in [0.1, 0.15) is 11.4 Å². The van der Waals surface area contributed by atoms with E-state index in [4.69, 9.17) is 14.1 Å². The summed E-state index contributed by atoms with van der Waals surface area (Å²) in [6, 6.07) is 0. The van der Waals surface area contributed by atoms with E-state index in [-0.39, 0.29) is 0 Å². The van der Waals surface area contributed by atoms with Gasteiger partial charge in [0.1, 0.15) is 17.8 Å². The predicted molar refractivity (Wildman–Crippen MR) is 94.2 cm³/mol. The number of nitrogens with zero attached hydrogens (tertiary/aromatic N) is 4. The number of morpholine rings is 1. The van der Waals surface area contributed by atoms with Crippen LogP contribution in [0.25, 0.3) is 11.4 Å². The van der Waals surface area contributed by atoms with Gasteiger partial charge in [-0.05, 0) is 26.6 Å². The summed E-state index contributed by atoms with van der Waals surface area (Å²) in [5, 5.41) is 0. The summed E-state index contributed by atoms with van der Waals surface area (Å²) >= 11 is 0. The maximum Gasteiger partial charge on any atom is 0.242 e. The molecular formula is C16H24N4O2Si. The van der Waals surface area contributed by atoms with Gasteiger partial charge in [-0.2, -0.15) is 0 Å². The highest BCUT2D eigenvalue weighted by Crippen LogP contribution is 2.28. The van der Waals surface area contributed by atoms with Crippen LogP contribution in [-0.2, 0) is 9.16 Å². The first kappa shape index (κ1) is 16.0. The molecule has 1 aliphatic heterocycles. The van der Waals surface area contributed by atoms with Crippen molar-refractivity contribution in [2.24, 2.45) is 0 Å². The highest BCUT2D eigenvalue weighted by Gasteiger charge is 2.23. The minimum Gasteiger partial charge on any atom is -0.543 e. The number of aromatic nitrogens is 3. The van der Waals surface area contributed by atoms with Crippen LogP contribution in [0.4, 0.5) is 5.69 Å². The second-order valence-corrected chi connectivity index (χ2v) is 11.2. The van der Waals surface area contributed by atoms with E-state index in [1.54, 1.807) is 6.33 Å². The van der Waals surface area contributed by atoms with Gasteiger partial charge in [0, 0.05) is 13.1 Å². The molecule has 0 aliphatic carbocycles. The fourth-order valence-corrected chi connectivity index (χ4v) is 3.68. The van der Waals surface area contributed by atoms with Crippen LogP contribution < -0.4 is 4.90 Å². The molecule has 3 rings (SSSR count). The highest BCUT2D eigenvalue weighted by atomic mass is 28.4. The summed E-state index contributed by atoms with van der Waals surface area (Å²) in [5.41, 5.74) is 3.75. The molecule has 124 valence electrons. The molecule has 2 aromatic heterocycles. The van der Waals surface area contributed by atoms with E-state index in [9.17, 15) is 0 Å². The number of hydrogen-bond donors (Lipinski definition) is 0. The maximum atomic E-state index is 6.08. The van der Waals surface area contributed by atoms with Gasteiger partial charge in [-0.25, -0.2) is 9.97 Å². The Bertz CT molecular complexity index is 729. The van der Waals surface area contributed by atoms with E-state index in [0.29, 0.717) is 5.76 Å². The van der Waals surface area contributed by atoms with E-state index in [1.165, 1.54) is 0 Å². The van der Waals surface area contributed by atoms with Gasteiger partial charge in [0.15, 0.2) is 5.65 Å². The number of aryl methyl sites for hydroxylation is 1. The van der Waals surface area contributed by atoms with E-state index >= 15 is 0 Å². The van der Waals surface area contributed by atoms with Gasteiger partial charge in [0.2, 0.25) is 8.32 Å². The molecule has 7 heteroatoms. The third kappa shape index (κ3) is 3.25. The quantitative estimate of drug-likeness (QED) is 0.636. The first-order valence-corrected chi connectivity index (χ1v) is 11.3. The minimum atomic E-state index is -1.72. The lowest BCUT2D eigenvalue weighted by Gasteiger charge is -2.28. The van der Waals surface area contributed by atoms with Crippen molar-refractivity contribution in [3.8, 4) is 0 Å². The van der Waals surface area contributed by atoms with Gasteiger partial charge in [0.05, 0.1) is 30.8 Å². The standard InChI is InChI=1S/C16H24N4O2Si/c1-12-15(13(2)22-23(3,4)5)20-11-17-10-14(16(20)18-12)19-6-8-21-9-7-19/h10-11H,2,6-9H2,1,3-5H3. The van der Waals surface area contributed by atoms with Crippen molar-refractivity contribution in [3.05, 3.63) is 30.5 Å². The molecule has 0 spiro atoms. The average molecular weight is 332 g/mol. The molecule has 0 amide bonds. The topological polar surface area (TPSA) is 51.9 Å². The second-order valence-electron chi connectivity index (χ2n) is 6.76. The molecule has 0 N–H and O–H groups in total. The number of anilines is 1. The zero-order chi connectivity index (χ0) is 16.6. The average Bonchev–Trinajstić information content (AvgIpc) is 2.82. The lowest BCUT2D eigenvalue weighted by atomic mass is 10.3. The maximum absolute atomic E-state index is 6.08. The monoisotopic (exact) mass is 332 g/mol. The van der Waals surface area contributed by atoms with Crippen LogP contribution in [0, 0.1) is 6.92 Å². The molecule has 0 unspecified atom stereocenters. The zero-order valence-electron chi connectivity index (χ0n) is 14.3. The molecule has 0 aromatic carbocycles. The molecular weight excluding hydrogens is 308 g/mol. The molecule has 0 radical (unpaired) electrons. The van der Waals surface area contributed by atoms with E-state index in [2.05, 4.69) is 36.1 Å². The Morgan fingerprint density at radius 3 is 2.65 bits per heavy atom. The molecule has 1 aliphatic rings. The summed E-state index contributed by atoms with van der Waals surface area (Å²) in [6.07, 6.45) is 3.66. The Morgan fingerprint density at radius 2 is 2.00 bits per heavy atom. The van der Waals surface area contributed by atoms with Crippen molar-refractivity contribution in [1.82, 2.24) is 14.4 Å². The first-order valence-electron chi connectivity index (χ1n) is 7.90. The Kier molecular flexibility index (Phi) is 4.16. The summed E-state index contributed by atoms with van der Waals surface area (Å²) in [5.74, 6) is 0.676. The lowest BCUT2D eigenvalue weighted by molar-refractivity contribution is 0.123. The van der Waals surface area contributed by atoms with Crippen molar-refractivity contribution in [1.29, 1.82) is 0 Å². The molecule has 0 bridgehead atoms. The number of imidazole rings is 1. The van der Waals surface area contributed by atoms with Gasteiger partial charge in [0.25, 0.3) is 0 Å². The molecule has 3 heterocycles. The van der Waals surface area contributed by atoms with Crippen LogP contribution in [0.2, 0.25) is 19.6 Å². The molecule has 1 fully saturated rings. The number of hydrogen-bond acceptors (Lipinski definition) is 5. The van der Waals surface area contributed by atoms with E-state index in [0.717, 1.165) is 49.0 Å². The second kappa shape index (κ2) is 5.97. The van der Waals surface area contributed by atoms with Crippen molar-refractivity contribution in [3.63, 3.8) is 0 Å². The molecule has 0 atom stereocenters. The van der Waals surface area contributed by atoms with Gasteiger partial charge in [-0.15, -0.1) is 0 Å². The van der Waals surface area contributed by atoms with Gasteiger partial charge < -0.3 is 14.1 Å². The van der Waals surface area contributed by atoms with E-state index in [1.807, 2.05) is 17.5 Å². The Balaban J connectivity index is 2.04. The van der Waals surface area contributed by atoms with Crippen LogP contribution in [-0.4, -0.2) is 49.0 Å². The molecule has 6 nitrogen and oxygen atoms in total. The summed E-state index contributed by atoms with van der Waals surface area (Å²) in [6.45, 7) is 15.7. The third-order valence-electron chi connectivity index (χ3n) is 3.74.